The Kier molecular flexibility index (Phi) is 6.02. The van der Waals surface area contributed by atoms with Gasteiger partial charge in [-0.05, 0) is 50.6 Å². The van der Waals surface area contributed by atoms with E-state index in [0.717, 1.165) is 55.8 Å². The molecule has 25 heavy (non-hydrogen) atoms. The zero-order valence-electron chi connectivity index (χ0n) is 14.7. The molecular weight excluding hydrogens is 336 g/mol. The number of likely N-dealkylation sites (tertiary alicyclic amines) is 2. The van der Waals surface area contributed by atoms with E-state index < -0.39 is 5.97 Å². The first kappa shape index (κ1) is 18.3. The van der Waals surface area contributed by atoms with E-state index >= 15 is 0 Å². The molecule has 2 aliphatic heterocycles. The van der Waals surface area contributed by atoms with Gasteiger partial charge in [0.1, 0.15) is 0 Å². The number of thioether (sulfide) groups is 1. The minimum atomic E-state index is -0.675. The summed E-state index contributed by atoms with van der Waals surface area (Å²) in [7, 11) is 0. The van der Waals surface area contributed by atoms with Gasteiger partial charge >= 0.3 is 5.97 Å². The summed E-state index contributed by atoms with van der Waals surface area (Å²) in [5, 5.41) is 9.26. The maximum Gasteiger partial charge on any atom is 0.307 e. The molecule has 1 aromatic rings. The predicted octanol–water partition coefficient (Wildman–Crippen LogP) is 2.81. The molecule has 1 aromatic carbocycles. The number of nitrogens with zero attached hydrogens (tertiary/aromatic N) is 2. The van der Waals surface area contributed by atoms with Gasteiger partial charge in [0.15, 0.2) is 0 Å². The van der Waals surface area contributed by atoms with Crippen LogP contribution >= 0.6 is 11.8 Å². The third kappa shape index (κ3) is 4.18. The van der Waals surface area contributed by atoms with Crippen LogP contribution < -0.4 is 0 Å². The summed E-state index contributed by atoms with van der Waals surface area (Å²) in [6.45, 7) is 3.14. The standard InChI is InChI=1S/C19H26N2O3S/c1-25-17-7-3-2-6-16(17)18(22)20-11-8-15(9-12-20)21-10-4-5-14(13-21)19(23)24/h2-3,6-7,14-15H,4-5,8-13H2,1H3,(H,23,24). The largest absolute Gasteiger partial charge is 0.481 e. The molecular formula is C19H26N2O3S. The molecule has 2 aliphatic rings. The number of carboxylic acids is 1. The van der Waals surface area contributed by atoms with E-state index in [4.69, 9.17) is 0 Å². The Hall–Kier alpha value is -1.53. The van der Waals surface area contributed by atoms with E-state index in [1.807, 2.05) is 35.4 Å². The SMILES string of the molecule is CSc1ccccc1C(=O)N1CCC(N2CCCC(C(=O)O)C2)CC1. The molecule has 3 rings (SSSR count). The summed E-state index contributed by atoms with van der Waals surface area (Å²) in [4.78, 5) is 29.4. The van der Waals surface area contributed by atoms with Gasteiger partial charge in [0.25, 0.3) is 5.91 Å². The van der Waals surface area contributed by atoms with Crippen LogP contribution in [0.3, 0.4) is 0 Å². The Morgan fingerprint density at radius 3 is 2.52 bits per heavy atom. The Morgan fingerprint density at radius 1 is 1.12 bits per heavy atom. The van der Waals surface area contributed by atoms with Crippen LogP contribution in [0, 0.1) is 5.92 Å². The maximum absolute atomic E-state index is 12.8. The molecule has 2 saturated heterocycles. The molecule has 5 nitrogen and oxygen atoms in total. The monoisotopic (exact) mass is 362 g/mol. The number of benzene rings is 1. The molecule has 1 atom stereocenters. The predicted molar refractivity (Wildman–Crippen MR) is 99.1 cm³/mol. The molecule has 1 N–H and O–H groups in total. The van der Waals surface area contributed by atoms with Crippen molar-refractivity contribution in [1.82, 2.24) is 9.80 Å². The van der Waals surface area contributed by atoms with Gasteiger partial charge in [-0.2, -0.15) is 0 Å². The molecule has 1 unspecified atom stereocenters. The Balaban J connectivity index is 1.58. The van der Waals surface area contributed by atoms with Crippen LogP contribution in [0.25, 0.3) is 0 Å². The third-order valence-corrected chi connectivity index (χ3v) is 6.20. The summed E-state index contributed by atoms with van der Waals surface area (Å²) in [6, 6.07) is 8.18. The van der Waals surface area contributed by atoms with Gasteiger partial charge in [0.05, 0.1) is 11.5 Å². The molecule has 2 heterocycles. The van der Waals surface area contributed by atoms with E-state index in [9.17, 15) is 14.7 Å². The van der Waals surface area contributed by atoms with E-state index in [-0.39, 0.29) is 11.8 Å². The van der Waals surface area contributed by atoms with Gasteiger partial charge in [-0.3, -0.25) is 14.5 Å². The lowest BCUT2D eigenvalue weighted by Gasteiger charge is -2.41. The Morgan fingerprint density at radius 2 is 1.84 bits per heavy atom. The number of amides is 1. The quantitative estimate of drug-likeness (QED) is 0.835. The number of carbonyl (C=O) groups is 2. The fourth-order valence-electron chi connectivity index (χ4n) is 3.97. The van der Waals surface area contributed by atoms with Gasteiger partial charge < -0.3 is 10.0 Å². The molecule has 0 radical (unpaired) electrons. The van der Waals surface area contributed by atoms with E-state index in [2.05, 4.69) is 4.90 Å². The van der Waals surface area contributed by atoms with Crippen LogP contribution in [0.5, 0.6) is 0 Å². The first-order valence-electron chi connectivity index (χ1n) is 8.99. The first-order chi connectivity index (χ1) is 12.1. The van der Waals surface area contributed by atoms with Crippen molar-refractivity contribution in [2.45, 2.75) is 36.6 Å². The van der Waals surface area contributed by atoms with Crippen LogP contribution in [0.2, 0.25) is 0 Å². The fraction of sp³-hybridized carbons (Fsp3) is 0.579. The highest BCUT2D eigenvalue weighted by Gasteiger charge is 2.32. The zero-order valence-corrected chi connectivity index (χ0v) is 15.5. The van der Waals surface area contributed by atoms with Crippen LogP contribution in [-0.4, -0.2) is 65.3 Å². The zero-order chi connectivity index (χ0) is 17.8. The van der Waals surface area contributed by atoms with Crippen molar-refractivity contribution in [1.29, 1.82) is 0 Å². The Labute approximate surface area is 153 Å². The van der Waals surface area contributed by atoms with Gasteiger partial charge in [0, 0.05) is 30.6 Å². The average Bonchev–Trinajstić information content (AvgIpc) is 2.67. The summed E-state index contributed by atoms with van der Waals surface area (Å²) < 4.78 is 0. The molecule has 6 heteroatoms. The molecule has 0 aliphatic carbocycles. The second-order valence-electron chi connectivity index (χ2n) is 6.90. The molecule has 136 valence electrons. The van der Waals surface area contributed by atoms with Crippen molar-refractivity contribution in [3.63, 3.8) is 0 Å². The fourth-order valence-corrected chi connectivity index (χ4v) is 4.56. The smallest absolute Gasteiger partial charge is 0.307 e. The summed E-state index contributed by atoms with van der Waals surface area (Å²) in [5.74, 6) is -0.793. The average molecular weight is 362 g/mol. The lowest BCUT2D eigenvalue weighted by Crippen LogP contribution is -2.50. The van der Waals surface area contributed by atoms with E-state index in [0.29, 0.717) is 12.6 Å². The number of rotatable bonds is 4. The van der Waals surface area contributed by atoms with Crippen molar-refractivity contribution >= 4 is 23.6 Å². The minimum absolute atomic E-state index is 0.116. The topological polar surface area (TPSA) is 60.9 Å². The summed E-state index contributed by atoms with van der Waals surface area (Å²) >= 11 is 1.60. The lowest BCUT2D eigenvalue weighted by molar-refractivity contribution is -0.144. The number of carboxylic acid groups (broad SMARTS) is 1. The molecule has 0 spiro atoms. The highest BCUT2D eigenvalue weighted by molar-refractivity contribution is 7.98. The van der Waals surface area contributed by atoms with Crippen molar-refractivity contribution in [3.8, 4) is 0 Å². The number of aliphatic carboxylic acids is 1. The second-order valence-corrected chi connectivity index (χ2v) is 7.74. The molecule has 0 bridgehead atoms. The van der Waals surface area contributed by atoms with Crippen LogP contribution in [0.4, 0.5) is 0 Å². The molecule has 0 saturated carbocycles. The number of carbonyl (C=O) groups excluding carboxylic acids is 1. The van der Waals surface area contributed by atoms with Crippen molar-refractivity contribution in [2.24, 2.45) is 5.92 Å². The van der Waals surface area contributed by atoms with Gasteiger partial charge in [0.2, 0.25) is 0 Å². The van der Waals surface area contributed by atoms with Gasteiger partial charge in [-0.25, -0.2) is 0 Å². The lowest BCUT2D eigenvalue weighted by atomic mass is 9.94. The van der Waals surface area contributed by atoms with Crippen LogP contribution in [0.15, 0.2) is 29.2 Å². The van der Waals surface area contributed by atoms with E-state index in [1.54, 1.807) is 11.8 Å². The summed E-state index contributed by atoms with van der Waals surface area (Å²) in [6.07, 6.45) is 5.60. The third-order valence-electron chi connectivity index (χ3n) is 5.41. The molecule has 2 fully saturated rings. The van der Waals surface area contributed by atoms with Crippen molar-refractivity contribution < 1.29 is 14.7 Å². The number of hydrogen-bond acceptors (Lipinski definition) is 4. The Bertz CT molecular complexity index is 629. The van der Waals surface area contributed by atoms with Crippen LogP contribution in [0.1, 0.15) is 36.0 Å². The number of piperidine rings is 2. The van der Waals surface area contributed by atoms with Gasteiger partial charge in [-0.1, -0.05) is 12.1 Å². The molecule has 0 aromatic heterocycles. The van der Waals surface area contributed by atoms with Gasteiger partial charge in [-0.15, -0.1) is 11.8 Å². The second kappa shape index (κ2) is 8.23. The molecule has 1 amide bonds. The normalized spacial score (nSPS) is 22.8. The van der Waals surface area contributed by atoms with Crippen molar-refractivity contribution in [2.75, 3.05) is 32.4 Å². The summed E-state index contributed by atoms with van der Waals surface area (Å²) in [5.41, 5.74) is 0.789. The van der Waals surface area contributed by atoms with Crippen LogP contribution in [-0.2, 0) is 4.79 Å². The van der Waals surface area contributed by atoms with Crippen molar-refractivity contribution in [3.05, 3.63) is 29.8 Å². The first-order valence-corrected chi connectivity index (χ1v) is 10.2. The highest BCUT2D eigenvalue weighted by Crippen LogP contribution is 2.26. The number of hydrogen-bond donors (Lipinski definition) is 1. The highest BCUT2D eigenvalue weighted by atomic mass is 32.2. The van der Waals surface area contributed by atoms with E-state index in [1.165, 1.54) is 0 Å². The maximum atomic E-state index is 12.8. The minimum Gasteiger partial charge on any atom is -0.481 e.